The van der Waals surface area contributed by atoms with Crippen molar-refractivity contribution in [1.29, 1.82) is 0 Å². The highest BCUT2D eigenvalue weighted by atomic mass is 32.2. The lowest BCUT2D eigenvalue weighted by Gasteiger charge is -2.26. The molecule has 30 heavy (non-hydrogen) atoms. The molecule has 0 saturated carbocycles. The first kappa shape index (κ1) is 21.7. The van der Waals surface area contributed by atoms with Crippen LogP contribution in [-0.2, 0) is 14.8 Å². The zero-order chi connectivity index (χ0) is 21.6. The molecule has 3 rings (SSSR count). The van der Waals surface area contributed by atoms with E-state index >= 15 is 0 Å². The topological polar surface area (TPSA) is 131 Å². The van der Waals surface area contributed by atoms with Gasteiger partial charge in [-0.1, -0.05) is 18.2 Å². The van der Waals surface area contributed by atoms with Crippen molar-refractivity contribution in [2.24, 2.45) is 0 Å². The van der Waals surface area contributed by atoms with Gasteiger partial charge in [0.2, 0.25) is 10.0 Å². The van der Waals surface area contributed by atoms with Crippen LogP contribution in [0.3, 0.4) is 0 Å². The predicted octanol–water partition coefficient (Wildman–Crippen LogP) is 1.73. The minimum atomic E-state index is -3.50. The number of nitrogens with zero attached hydrogens (tertiary/aromatic N) is 2. The van der Waals surface area contributed by atoms with Crippen molar-refractivity contribution in [3.8, 4) is 0 Å². The molecular weight excluding hydrogens is 412 g/mol. The fourth-order valence-electron chi connectivity index (χ4n) is 2.96. The molecule has 2 aromatic rings. The number of nitro benzene ring substituents is 1. The number of carbonyl (C=O) groups excluding carboxylic acids is 1. The number of ether oxygens (including phenoxy) is 1. The van der Waals surface area contributed by atoms with Gasteiger partial charge in [0.1, 0.15) is 5.69 Å². The quantitative estimate of drug-likeness (QED) is 0.478. The fourth-order valence-corrected chi connectivity index (χ4v) is 4.28. The Balaban J connectivity index is 1.64. The minimum absolute atomic E-state index is 0.0732. The Kier molecular flexibility index (Phi) is 6.98. The maximum absolute atomic E-state index is 12.4. The van der Waals surface area contributed by atoms with Crippen molar-refractivity contribution >= 4 is 33.0 Å². The molecule has 160 valence electrons. The van der Waals surface area contributed by atoms with Gasteiger partial charge < -0.3 is 15.4 Å². The number of anilines is 2. The van der Waals surface area contributed by atoms with Crippen molar-refractivity contribution in [2.75, 3.05) is 43.9 Å². The van der Waals surface area contributed by atoms with Gasteiger partial charge in [-0.25, -0.2) is 8.42 Å². The molecule has 0 aliphatic carbocycles. The third-order valence-electron chi connectivity index (χ3n) is 4.52. The molecule has 0 atom stereocenters. The Bertz CT molecular complexity index is 1010. The van der Waals surface area contributed by atoms with E-state index in [4.69, 9.17) is 4.74 Å². The number of morpholine rings is 1. The maximum atomic E-state index is 12.4. The summed E-state index contributed by atoms with van der Waals surface area (Å²) in [6.07, 6.45) is 0. The molecule has 11 heteroatoms. The summed E-state index contributed by atoms with van der Waals surface area (Å²) in [7, 11) is -3.50. The van der Waals surface area contributed by atoms with E-state index in [-0.39, 0.29) is 29.2 Å². The fraction of sp³-hybridized carbons (Fsp3) is 0.316. The van der Waals surface area contributed by atoms with Crippen LogP contribution in [-0.4, -0.2) is 62.2 Å². The van der Waals surface area contributed by atoms with Gasteiger partial charge in [-0.05, 0) is 24.3 Å². The molecule has 2 aromatic carbocycles. The van der Waals surface area contributed by atoms with Crippen LogP contribution in [0, 0.1) is 10.1 Å². The molecule has 0 spiro atoms. The largest absolute Gasteiger partial charge is 0.379 e. The van der Waals surface area contributed by atoms with E-state index in [0.29, 0.717) is 32.0 Å². The van der Waals surface area contributed by atoms with Gasteiger partial charge in [-0.15, -0.1) is 0 Å². The average Bonchev–Trinajstić information content (AvgIpc) is 2.75. The zero-order valence-electron chi connectivity index (χ0n) is 16.1. The summed E-state index contributed by atoms with van der Waals surface area (Å²) >= 11 is 0. The lowest BCUT2D eigenvalue weighted by atomic mass is 10.1. The third-order valence-corrected chi connectivity index (χ3v) is 6.39. The molecule has 1 aliphatic heterocycles. The molecule has 2 N–H and O–H groups in total. The van der Waals surface area contributed by atoms with E-state index in [1.807, 2.05) is 6.07 Å². The highest BCUT2D eigenvalue weighted by Gasteiger charge is 2.24. The third kappa shape index (κ3) is 5.53. The van der Waals surface area contributed by atoms with E-state index in [1.54, 1.807) is 24.3 Å². The summed E-state index contributed by atoms with van der Waals surface area (Å²) < 4.78 is 31.0. The van der Waals surface area contributed by atoms with Crippen LogP contribution in [0.2, 0.25) is 0 Å². The van der Waals surface area contributed by atoms with Crippen LogP contribution in [0.15, 0.2) is 48.5 Å². The smallest absolute Gasteiger partial charge is 0.293 e. The second-order valence-electron chi connectivity index (χ2n) is 6.56. The van der Waals surface area contributed by atoms with Gasteiger partial charge in [0.25, 0.3) is 11.6 Å². The van der Waals surface area contributed by atoms with Gasteiger partial charge in [0, 0.05) is 37.0 Å². The van der Waals surface area contributed by atoms with Gasteiger partial charge in [0.05, 0.1) is 23.9 Å². The van der Waals surface area contributed by atoms with Crippen molar-refractivity contribution in [3.05, 3.63) is 64.2 Å². The first-order chi connectivity index (χ1) is 14.4. The first-order valence-corrected chi connectivity index (χ1v) is 10.9. The lowest BCUT2D eigenvalue weighted by Crippen LogP contribution is -2.43. The standard InChI is InChI=1S/C19H22N4O6S/c24-19(20-8-13-30(27,28)22-9-11-29-12-10-22)15-6-7-17(18(14-15)23(25)26)21-16-4-2-1-3-5-16/h1-7,14,21H,8-13H2,(H,20,24). The number of nitrogens with one attached hydrogen (secondary N) is 2. The number of benzene rings is 2. The monoisotopic (exact) mass is 434 g/mol. The summed E-state index contributed by atoms with van der Waals surface area (Å²) in [4.78, 5) is 23.2. The predicted molar refractivity (Wildman–Crippen MR) is 111 cm³/mol. The Hall–Kier alpha value is -3.02. The molecule has 0 aromatic heterocycles. The Morgan fingerprint density at radius 3 is 2.50 bits per heavy atom. The van der Waals surface area contributed by atoms with Gasteiger partial charge >= 0.3 is 0 Å². The van der Waals surface area contributed by atoms with Crippen molar-refractivity contribution in [2.45, 2.75) is 0 Å². The molecular formula is C19H22N4O6S. The molecule has 10 nitrogen and oxygen atoms in total. The maximum Gasteiger partial charge on any atom is 0.293 e. The number of rotatable bonds is 8. The molecule has 1 aliphatic rings. The van der Waals surface area contributed by atoms with Gasteiger partial charge in [0.15, 0.2) is 0 Å². The first-order valence-electron chi connectivity index (χ1n) is 9.31. The number of amides is 1. The number of nitro groups is 1. The Morgan fingerprint density at radius 1 is 1.13 bits per heavy atom. The molecule has 0 bridgehead atoms. The van der Waals surface area contributed by atoms with Crippen molar-refractivity contribution in [1.82, 2.24) is 9.62 Å². The lowest BCUT2D eigenvalue weighted by molar-refractivity contribution is -0.383. The molecule has 1 fully saturated rings. The second kappa shape index (κ2) is 9.65. The van der Waals surface area contributed by atoms with Gasteiger partial charge in [-0.3, -0.25) is 14.9 Å². The van der Waals surface area contributed by atoms with Crippen LogP contribution in [0.25, 0.3) is 0 Å². The molecule has 1 amide bonds. The summed E-state index contributed by atoms with van der Waals surface area (Å²) in [6.45, 7) is 1.17. The number of carbonyl (C=O) groups is 1. The Labute approximate surface area is 174 Å². The minimum Gasteiger partial charge on any atom is -0.379 e. The highest BCUT2D eigenvalue weighted by molar-refractivity contribution is 7.89. The Morgan fingerprint density at radius 2 is 1.83 bits per heavy atom. The van der Waals surface area contributed by atoms with E-state index in [2.05, 4.69) is 10.6 Å². The van der Waals surface area contributed by atoms with Crippen molar-refractivity contribution in [3.63, 3.8) is 0 Å². The highest BCUT2D eigenvalue weighted by Crippen LogP contribution is 2.28. The van der Waals surface area contributed by atoms with E-state index in [9.17, 15) is 23.3 Å². The molecule has 1 saturated heterocycles. The summed E-state index contributed by atoms with van der Waals surface area (Å²) in [6, 6.07) is 13.0. The number of hydrogen-bond acceptors (Lipinski definition) is 7. The van der Waals surface area contributed by atoms with Crippen LogP contribution in [0.1, 0.15) is 10.4 Å². The van der Waals surface area contributed by atoms with E-state index < -0.39 is 20.9 Å². The molecule has 1 heterocycles. The average molecular weight is 434 g/mol. The normalized spacial score (nSPS) is 14.8. The summed E-state index contributed by atoms with van der Waals surface area (Å²) in [5, 5.41) is 16.9. The second-order valence-corrected chi connectivity index (χ2v) is 8.65. The van der Waals surface area contributed by atoms with Crippen LogP contribution in [0.4, 0.5) is 17.1 Å². The van der Waals surface area contributed by atoms with Crippen LogP contribution in [0.5, 0.6) is 0 Å². The molecule has 0 radical (unpaired) electrons. The SMILES string of the molecule is O=C(NCCS(=O)(=O)N1CCOCC1)c1ccc(Nc2ccccc2)c([N+](=O)[O-])c1. The summed E-state index contributed by atoms with van der Waals surface area (Å²) in [5.74, 6) is -0.837. The summed E-state index contributed by atoms with van der Waals surface area (Å²) in [5.41, 5.74) is 0.736. The van der Waals surface area contributed by atoms with E-state index in [0.717, 1.165) is 6.07 Å². The van der Waals surface area contributed by atoms with Gasteiger partial charge in [-0.2, -0.15) is 4.31 Å². The number of para-hydroxylation sites is 1. The van der Waals surface area contributed by atoms with Crippen LogP contribution >= 0.6 is 0 Å². The number of hydrogen-bond donors (Lipinski definition) is 2. The zero-order valence-corrected chi connectivity index (χ0v) is 16.9. The number of sulfonamides is 1. The van der Waals surface area contributed by atoms with E-state index in [1.165, 1.54) is 16.4 Å². The van der Waals surface area contributed by atoms with Crippen molar-refractivity contribution < 1.29 is 22.9 Å². The molecule has 0 unspecified atom stereocenters. The van der Waals surface area contributed by atoms with Crippen LogP contribution < -0.4 is 10.6 Å².